The van der Waals surface area contributed by atoms with Crippen LogP contribution in [-0.2, 0) is 4.74 Å². The molecule has 8 nitrogen and oxygen atoms in total. The van der Waals surface area contributed by atoms with Gasteiger partial charge in [-0.3, -0.25) is 0 Å². The lowest BCUT2D eigenvalue weighted by Crippen LogP contribution is -2.24. The zero-order chi connectivity index (χ0) is 15.9. The lowest BCUT2D eigenvalue weighted by atomic mass is 10.2. The van der Waals surface area contributed by atoms with Gasteiger partial charge in [0.25, 0.3) is 11.2 Å². The molecule has 1 aliphatic heterocycles. The van der Waals surface area contributed by atoms with Crippen molar-refractivity contribution in [3.05, 3.63) is 45.3 Å². The minimum Gasteiger partial charge on any atom is -0.805 e. The van der Waals surface area contributed by atoms with E-state index in [1.165, 1.54) is 11.2 Å². The van der Waals surface area contributed by atoms with Gasteiger partial charge >= 0.3 is 6.09 Å². The molecule has 8 heteroatoms. The predicted molar refractivity (Wildman–Crippen MR) is 79.2 cm³/mol. The molecular formula is C14H14N4O4. The molecule has 114 valence electrons. The molecule has 1 aromatic carbocycles. The zero-order valence-corrected chi connectivity index (χ0v) is 12.1. The van der Waals surface area contributed by atoms with Gasteiger partial charge in [-0.25, -0.2) is 4.79 Å². The molecule has 0 saturated carbocycles. The van der Waals surface area contributed by atoms with Gasteiger partial charge in [0.05, 0.1) is 22.9 Å². The highest BCUT2D eigenvalue weighted by Gasteiger charge is 2.21. The van der Waals surface area contributed by atoms with Gasteiger partial charge in [0.2, 0.25) is 0 Å². The fourth-order valence-corrected chi connectivity index (χ4v) is 2.24. The third kappa shape index (κ3) is 2.18. The van der Waals surface area contributed by atoms with Crippen molar-refractivity contribution in [3.63, 3.8) is 0 Å². The molecule has 3 rings (SSSR count). The Balaban J connectivity index is 2.05. The van der Waals surface area contributed by atoms with Crippen LogP contribution in [0.1, 0.15) is 17.0 Å². The van der Waals surface area contributed by atoms with Gasteiger partial charge in [0.15, 0.2) is 0 Å². The second kappa shape index (κ2) is 5.14. The van der Waals surface area contributed by atoms with Crippen molar-refractivity contribution >= 4 is 23.3 Å². The number of cyclic esters (lactones) is 1. The van der Waals surface area contributed by atoms with Crippen molar-refractivity contribution in [1.82, 2.24) is 9.74 Å². The predicted octanol–water partition coefficient (Wildman–Crippen LogP) is 1.30. The van der Waals surface area contributed by atoms with Gasteiger partial charge in [-0.1, -0.05) is 0 Å². The average molecular weight is 302 g/mol. The minimum absolute atomic E-state index is 0.256. The summed E-state index contributed by atoms with van der Waals surface area (Å²) in [5.74, 6) is 0. The van der Waals surface area contributed by atoms with Gasteiger partial charge in [0, 0.05) is 17.9 Å². The number of amides is 1. The van der Waals surface area contributed by atoms with E-state index in [4.69, 9.17) is 4.74 Å². The highest BCUT2D eigenvalue weighted by atomic mass is 16.6. The molecule has 0 unspecified atom stereocenters. The first-order valence-corrected chi connectivity index (χ1v) is 6.73. The Kier molecular flexibility index (Phi) is 3.28. The van der Waals surface area contributed by atoms with Gasteiger partial charge < -0.3 is 14.7 Å². The van der Waals surface area contributed by atoms with E-state index in [-0.39, 0.29) is 11.0 Å². The molecule has 0 N–H and O–H groups in total. The highest BCUT2D eigenvalue weighted by Crippen LogP contribution is 2.15. The van der Waals surface area contributed by atoms with E-state index < -0.39 is 6.09 Å². The maximum absolute atomic E-state index is 12.2. The Morgan fingerprint density at radius 3 is 2.86 bits per heavy atom. The summed E-state index contributed by atoms with van der Waals surface area (Å²) in [6.07, 6.45) is 0.955. The fourth-order valence-electron chi connectivity index (χ4n) is 2.24. The van der Waals surface area contributed by atoms with Crippen molar-refractivity contribution in [3.8, 4) is 0 Å². The molecule has 0 atom stereocenters. The van der Waals surface area contributed by atoms with Crippen molar-refractivity contribution in [2.24, 2.45) is 5.10 Å². The summed E-state index contributed by atoms with van der Waals surface area (Å²) in [5, 5.41) is 17.4. The molecule has 1 saturated heterocycles. The summed E-state index contributed by atoms with van der Waals surface area (Å²) in [6, 6.07) is 4.79. The number of hydrogen-bond acceptors (Lipinski definition) is 5. The van der Waals surface area contributed by atoms with Crippen molar-refractivity contribution in [2.45, 2.75) is 13.8 Å². The van der Waals surface area contributed by atoms with Crippen molar-refractivity contribution in [2.75, 3.05) is 13.2 Å². The van der Waals surface area contributed by atoms with E-state index in [9.17, 15) is 14.9 Å². The summed E-state index contributed by atoms with van der Waals surface area (Å²) in [5.41, 5.74) is 1.87. The van der Waals surface area contributed by atoms with Gasteiger partial charge in [-0.05, 0) is 24.6 Å². The second-order valence-electron chi connectivity index (χ2n) is 4.99. The molecule has 22 heavy (non-hydrogen) atoms. The zero-order valence-electron chi connectivity index (χ0n) is 12.1. The van der Waals surface area contributed by atoms with Crippen LogP contribution < -0.4 is 4.43 Å². The first-order chi connectivity index (χ1) is 10.5. The number of benzene rings is 1. The molecule has 0 aliphatic carbocycles. The molecule has 0 spiro atoms. The van der Waals surface area contributed by atoms with E-state index in [2.05, 4.69) is 5.10 Å². The topological polar surface area (TPSA) is 92.9 Å². The van der Waals surface area contributed by atoms with Crippen LogP contribution in [0, 0.1) is 24.0 Å². The third-order valence-corrected chi connectivity index (χ3v) is 3.66. The molecule has 1 aromatic heterocycles. The highest BCUT2D eigenvalue weighted by molar-refractivity contribution is 5.87. The number of carbonyl (C=O) groups excluding carboxylic acids is 1. The Bertz CT molecular complexity index is 856. The molecule has 1 amide bonds. The van der Waals surface area contributed by atoms with Crippen LogP contribution in [0.15, 0.2) is 23.3 Å². The lowest BCUT2D eigenvalue weighted by molar-refractivity contribution is -0.473. The molecule has 1 fully saturated rings. The van der Waals surface area contributed by atoms with E-state index in [0.717, 1.165) is 9.16 Å². The van der Waals surface area contributed by atoms with Crippen LogP contribution >= 0.6 is 0 Å². The first kappa shape index (κ1) is 14.1. The Morgan fingerprint density at radius 2 is 2.18 bits per heavy atom. The summed E-state index contributed by atoms with van der Waals surface area (Å²) in [4.78, 5) is 23.4. The van der Waals surface area contributed by atoms with Crippen LogP contribution in [-0.4, -0.2) is 35.2 Å². The summed E-state index contributed by atoms with van der Waals surface area (Å²) >= 11 is 0. The van der Waals surface area contributed by atoms with Crippen LogP contribution in [0.5, 0.6) is 0 Å². The number of hydrogen-bond donors (Lipinski definition) is 0. The SMILES string of the molecule is Cc1c(C)[n+](=O)c2ccc(/C=N/N3CCOC3=O)cc2n1[O-]. The first-order valence-electron chi connectivity index (χ1n) is 6.73. The minimum atomic E-state index is -0.500. The van der Waals surface area contributed by atoms with E-state index >= 15 is 0 Å². The Hall–Kier alpha value is -2.90. The molecule has 0 radical (unpaired) electrons. The number of ether oxygens (including phenoxy) is 1. The van der Waals surface area contributed by atoms with E-state index in [0.29, 0.717) is 30.1 Å². The lowest BCUT2D eigenvalue weighted by Gasteiger charge is -2.15. The second-order valence-corrected chi connectivity index (χ2v) is 4.99. The number of nitrogens with zero attached hydrogens (tertiary/aromatic N) is 4. The Morgan fingerprint density at radius 1 is 1.41 bits per heavy atom. The van der Waals surface area contributed by atoms with Crippen LogP contribution in [0.25, 0.3) is 11.0 Å². The van der Waals surface area contributed by atoms with E-state index in [1.807, 2.05) is 0 Å². The fraction of sp³-hybridized carbons (Fsp3) is 0.286. The third-order valence-electron chi connectivity index (χ3n) is 3.66. The average Bonchev–Trinajstić information content (AvgIpc) is 2.93. The van der Waals surface area contributed by atoms with Crippen LogP contribution in [0.4, 0.5) is 4.79 Å². The quantitative estimate of drug-likeness (QED) is 0.617. The number of aromatic nitrogens is 2. The van der Waals surface area contributed by atoms with Crippen molar-refractivity contribution < 1.29 is 14.0 Å². The summed E-state index contributed by atoms with van der Waals surface area (Å²) in [6.45, 7) is 3.90. The van der Waals surface area contributed by atoms with Gasteiger partial charge in [0.1, 0.15) is 12.1 Å². The number of fused-ring (bicyclic) bond motifs is 1. The monoisotopic (exact) mass is 302 g/mol. The largest absolute Gasteiger partial charge is 0.805 e. The van der Waals surface area contributed by atoms with Gasteiger partial charge in [-0.15, -0.1) is 0 Å². The van der Waals surface area contributed by atoms with Crippen LogP contribution in [0.3, 0.4) is 0 Å². The standard InChI is InChI=1S/C14H14N4O4/c1-9-10(2)18(21)13-7-11(3-4-12(13)17(9)20)8-15-16-5-6-22-14(16)19/h3-4,7-8H,5-6H2,1-2H3/b15-8+. The molecule has 2 heterocycles. The summed E-state index contributed by atoms with van der Waals surface area (Å²) < 4.78 is 6.22. The molecular weight excluding hydrogens is 288 g/mol. The molecule has 0 bridgehead atoms. The maximum Gasteiger partial charge on any atom is 0.430 e. The molecule has 2 aromatic rings. The maximum atomic E-state index is 12.2. The number of hydrazone groups is 1. The number of rotatable bonds is 2. The van der Waals surface area contributed by atoms with E-state index in [1.54, 1.807) is 32.0 Å². The smallest absolute Gasteiger partial charge is 0.430 e. The Labute approximate surface area is 125 Å². The molecule has 1 aliphatic rings. The normalized spacial score (nSPS) is 15.0. The number of carbonyl (C=O) groups is 1. The van der Waals surface area contributed by atoms with Crippen LogP contribution in [0.2, 0.25) is 0 Å². The van der Waals surface area contributed by atoms with Crippen molar-refractivity contribution in [1.29, 1.82) is 0 Å². The summed E-state index contributed by atoms with van der Waals surface area (Å²) in [7, 11) is 0. The van der Waals surface area contributed by atoms with Gasteiger partial charge in [-0.2, -0.15) is 10.1 Å².